The van der Waals surface area contributed by atoms with Crippen LogP contribution in [-0.2, 0) is 0 Å². The van der Waals surface area contributed by atoms with E-state index >= 15 is 0 Å². The standard InChI is InChI=1S/C20H22BrN5O3S/c1-11-17(16-8-12(21)10-30-16)25-26-18(11)20(28)24-13-4-5-15(29-2)14(9-13)19(27)23-7-3-6-22/h4-5,8-10H,3,6-7,22H2,1-2H3,(H,23,27)(H,24,28)(H,25,26). The van der Waals surface area contributed by atoms with Gasteiger partial charge >= 0.3 is 0 Å². The number of thiophene rings is 1. The number of anilines is 1. The van der Waals surface area contributed by atoms with Gasteiger partial charge in [0.2, 0.25) is 0 Å². The average molecular weight is 492 g/mol. The van der Waals surface area contributed by atoms with Crippen molar-refractivity contribution in [2.45, 2.75) is 13.3 Å². The van der Waals surface area contributed by atoms with Crippen molar-refractivity contribution in [2.75, 3.05) is 25.5 Å². The Bertz CT molecular complexity index is 1060. The molecule has 0 saturated heterocycles. The summed E-state index contributed by atoms with van der Waals surface area (Å²) in [6.45, 7) is 2.79. The van der Waals surface area contributed by atoms with Gasteiger partial charge in [-0.2, -0.15) is 5.10 Å². The number of nitrogens with two attached hydrogens (primary N) is 1. The summed E-state index contributed by atoms with van der Waals surface area (Å²) in [5.74, 6) is -0.247. The number of ether oxygens (including phenoxy) is 1. The van der Waals surface area contributed by atoms with E-state index in [0.717, 1.165) is 20.6 Å². The Balaban J connectivity index is 1.79. The number of hydrogen-bond donors (Lipinski definition) is 4. The number of carbonyl (C=O) groups is 2. The van der Waals surface area contributed by atoms with Gasteiger partial charge in [-0.05, 0) is 60.1 Å². The van der Waals surface area contributed by atoms with Crippen molar-refractivity contribution < 1.29 is 14.3 Å². The number of nitrogens with one attached hydrogen (secondary N) is 3. The molecule has 0 aliphatic rings. The second kappa shape index (κ2) is 9.88. The quantitative estimate of drug-likeness (QED) is 0.359. The van der Waals surface area contributed by atoms with Gasteiger partial charge in [0, 0.05) is 27.6 Å². The second-order valence-electron chi connectivity index (χ2n) is 6.47. The van der Waals surface area contributed by atoms with Crippen molar-refractivity contribution >= 4 is 44.8 Å². The fraction of sp³-hybridized carbons (Fsp3) is 0.250. The number of amides is 2. The molecular weight excluding hydrogens is 470 g/mol. The maximum Gasteiger partial charge on any atom is 0.276 e. The van der Waals surface area contributed by atoms with Crippen molar-refractivity contribution in [3.05, 3.63) is 50.9 Å². The number of carbonyl (C=O) groups excluding carboxylic acids is 2. The maximum absolute atomic E-state index is 12.8. The smallest absolute Gasteiger partial charge is 0.276 e. The number of benzene rings is 1. The predicted molar refractivity (Wildman–Crippen MR) is 121 cm³/mol. The van der Waals surface area contributed by atoms with E-state index in [4.69, 9.17) is 10.5 Å². The lowest BCUT2D eigenvalue weighted by molar-refractivity contribution is 0.0949. The van der Waals surface area contributed by atoms with Crippen LogP contribution < -0.4 is 21.1 Å². The van der Waals surface area contributed by atoms with Crippen LogP contribution in [0.15, 0.2) is 34.1 Å². The van der Waals surface area contributed by atoms with Gasteiger partial charge < -0.3 is 21.1 Å². The summed E-state index contributed by atoms with van der Waals surface area (Å²) in [5.41, 5.74) is 8.09. The van der Waals surface area contributed by atoms with Crippen LogP contribution in [0.25, 0.3) is 10.6 Å². The monoisotopic (exact) mass is 491 g/mol. The van der Waals surface area contributed by atoms with Gasteiger partial charge in [0.1, 0.15) is 5.75 Å². The molecule has 0 radical (unpaired) electrons. The first-order valence-corrected chi connectivity index (χ1v) is 10.9. The molecule has 0 aliphatic carbocycles. The summed E-state index contributed by atoms with van der Waals surface area (Å²) < 4.78 is 6.24. The molecule has 0 fully saturated rings. The molecule has 5 N–H and O–H groups in total. The van der Waals surface area contributed by atoms with Gasteiger partial charge in [0.15, 0.2) is 5.69 Å². The van der Waals surface area contributed by atoms with Crippen LogP contribution in [0, 0.1) is 6.92 Å². The van der Waals surface area contributed by atoms with Crippen LogP contribution in [0.2, 0.25) is 0 Å². The zero-order chi connectivity index (χ0) is 21.7. The van der Waals surface area contributed by atoms with Gasteiger partial charge in [-0.3, -0.25) is 14.7 Å². The first-order valence-electron chi connectivity index (χ1n) is 9.21. The molecule has 2 heterocycles. The van der Waals surface area contributed by atoms with Crippen LogP contribution in [0.1, 0.15) is 32.8 Å². The lowest BCUT2D eigenvalue weighted by Gasteiger charge is -2.12. The number of hydrogen-bond acceptors (Lipinski definition) is 6. The van der Waals surface area contributed by atoms with Crippen LogP contribution in [-0.4, -0.2) is 42.2 Å². The molecule has 0 bridgehead atoms. The van der Waals surface area contributed by atoms with E-state index in [1.165, 1.54) is 7.11 Å². The van der Waals surface area contributed by atoms with Crippen LogP contribution in [0.4, 0.5) is 5.69 Å². The summed E-state index contributed by atoms with van der Waals surface area (Å²) in [4.78, 5) is 26.2. The van der Waals surface area contributed by atoms with Crippen molar-refractivity contribution in [3.63, 3.8) is 0 Å². The summed E-state index contributed by atoms with van der Waals surface area (Å²) in [6.07, 6.45) is 0.673. The average Bonchev–Trinajstić information content (AvgIpc) is 3.33. The highest BCUT2D eigenvalue weighted by molar-refractivity contribution is 9.10. The Labute approximate surface area is 186 Å². The molecule has 3 aromatic rings. The lowest BCUT2D eigenvalue weighted by Crippen LogP contribution is -2.26. The van der Waals surface area contributed by atoms with Gasteiger partial charge in [-0.1, -0.05) is 0 Å². The van der Waals surface area contributed by atoms with E-state index in [1.54, 1.807) is 29.5 Å². The molecular formula is C20H22BrN5O3S. The molecule has 30 heavy (non-hydrogen) atoms. The van der Waals surface area contributed by atoms with E-state index < -0.39 is 0 Å². The molecule has 0 unspecified atom stereocenters. The molecule has 0 aliphatic heterocycles. The van der Waals surface area contributed by atoms with Crippen LogP contribution in [0.5, 0.6) is 5.75 Å². The molecule has 2 aromatic heterocycles. The Morgan fingerprint density at radius 1 is 1.30 bits per heavy atom. The predicted octanol–water partition coefficient (Wildman–Crippen LogP) is 3.55. The van der Waals surface area contributed by atoms with Crippen molar-refractivity contribution in [1.29, 1.82) is 0 Å². The molecule has 3 rings (SSSR count). The minimum atomic E-state index is -0.370. The molecule has 0 atom stereocenters. The number of methoxy groups -OCH3 is 1. The van der Waals surface area contributed by atoms with Gasteiger partial charge in [0.25, 0.3) is 11.8 Å². The van der Waals surface area contributed by atoms with Crippen molar-refractivity contribution in [3.8, 4) is 16.3 Å². The van der Waals surface area contributed by atoms with E-state index in [2.05, 4.69) is 36.8 Å². The van der Waals surface area contributed by atoms with Crippen molar-refractivity contribution in [1.82, 2.24) is 15.5 Å². The first-order chi connectivity index (χ1) is 14.4. The topological polar surface area (TPSA) is 122 Å². The Kier molecular flexibility index (Phi) is 7.24. The third-order valence-electron chi connectivity index (χ3n) is 4.41. The summed E-state index contributed by atoms with van der Waals surface area (Å²) in [7, 11) is 1.49. The molecule has 10 heteroatoms. The Morgan fingerprint density at radius 2 is 2.10 bits per heavy atom. The molecule has 2 amide bonds. The zero-order valence-corrected chi connectivity index (χ0v) is 18.9. The summed E-state index contributed by atoms with van der Waals surface area (Å²) in [5, 5.41) is 14.7. The SMILES string of the molecule is COc1ccc(NC(=O)c2n[nH]c(-c3cc(Br)cs3)c2C)cc1C(=O)NCCCN. The fourth-order valence-electron chi connectivity index (χ4n) is 2.86. The fourth-order valence-corrected chi connectivity index (χ4v) is 4.34. The number of H-pyrrole nitrogens is 1. The Morgan fingerprint density at radius 3 is 2.77 bits per heavy atom. The highest BCUT2D eigenvalue weighted by Crippen LogP contribution is 2.32. The van der Waals surface area contributed by atoms with Crippen molar-refractivity contribution in [2.24, 2.45) is 5.73 Å². The minimum Gasteiger partial charge on any atom is -0.496 e. The van der Waals surface area contributed by atoms with E-state index in [9.17, 15) is 9.59 Å². The zero-order valence-electron chi connectivity index (χ0n) is 16.5. The number of aromatic nitrogens is 2. The normalized spacial score (nSPS) is 10.7. The molecule has 8 nitrogen and oxygen atoms in total. The number of rotatable bonds is 8. The lowest BCUT2D eigenvalue weighted by atomic mass is 10.1. The summed E-state index contributed by atoms with van der Waals surface area (Å²) >= 11 is 4.98. The second-order valence-corrected chi connectivity index (χ2v) is 8.30. The maximum atomic E-state index is 12.8. The molecule has 158 valence electrons. The third kappa shape index (κ3) is 4.89. The van der Waals surface area contributed by atoms with Gasteiger partial charge in [0.05, 0.1) is 23.2 Å². The van der Waals surface area contributed by atoms with Crippen LogP contribution in [0.3, 0.4) is 0 Å². The molecule has 0 saturated carbocycles. The van der Waals surface area contributed by atoms with Gasteiger partial charge in [-0.15, -0.1) is 11.3 Å². The Hall–Kier alpha value is -2.69. The van der Waals surface area contributed by atoms with E-state index in [0.29, 0.717) is 42.2 Å². The largest absolute Gasteiger partial charge is 0.496 e. The van der Waals surface area contributed by atoms with Crippen LogP contribution >= 0.6 is 27.3 Å². The number of nitrogens with zero attached hydrogens (tertiary/aromatic N) is 1. The van der Waals surface area contributed by atoms with E-state index in [1.807, 2.05) is 18.4 Å². The highest BCUT2D eigenvalue weighted by atomic mass is 79.9. The minimum absolute atomic E-state index is 0.291. The highest BCUT2D eigenvalue weighted by Gasteiger charge is 2.20. The molecule has 1 aromatic carbocycles. The summed E-state index contributed by atoms with van der Waals surface area (Å²) in [6, 6.07) is 6.85. The van der Waals surface area contributed by atoms with Gasteiger partial charge in [-0.25, -0.2) is 0 Å². The van der Waals surface area contributed by atoms with E-state index in [-0.39, 0.29) is 11.8 Å². The first kappa shape index (κ1) is 22.0. The number of halogens is 1. The number of aromatic amines is 1. The third-order valence-corrected chi connectivity index (χ3v) is 6.12. The molecule has 0 spiro atoms.